The first-order chi connectivity index (χ1) is 20.3. The van der Waals surface area contributed by atoms with Gasteiger partial charge < -0.3 is 30.2 Å². The Morgan fingerprint density at radius 3 is 2.12 bits per heavy atom. The van der Waals surface area contributed by atoms with Crippen molar-refractivity contribution in [1.29, 1.82) is 0 Å². The van der Waals surface area contributed by atoms with Crippen LogP contribution in [0.25, 0.3) is 5.70 Å². The number of nitrogens with zero attached hydrogens (tertiary/aromatic N) is 2. The molecule has 3 N–H and O–H groups in total. The molecule has 0 spiro atoms. The summed E-state index contributed by atoms with van der Waals surface area (Å²) in [5.41, 5.74) is 0.107. The summed E-state index contributed by atoms with van der Waals surface area (Å²) in [6.07, 6.45) is -3.36. The highest BCUT2D eigenvalue weighted by Crippen LogP contribution is 2.40. The van der Waals surface area contributed by atoms with Crippen molar-refractivity contribution >= 4 is 23.5 Å². The quantitative estimate of drug-likeness (QED) is 0.185. The number of carbonyl (C=O) groups excluding carboxylic acids is 1. The van der Waals surface area contributed by atoms with Crippen LogP contribution in [0.5, 0.6) is 5.75 Å². The highest BCUT2D eigenvalue weighted by molar-refractivity contribution is 5.64. The van der Waals surface area contributed by atoms with Crippen LogP contribution in [0.4, 0.5) is 42.2 Å². The van der Waals surface area contributed by atoms with Gasteiger partial charge in [-0.25, -0.2) is 22.5 Å². The van der Waals surface area contributed by atoms with E-state index in [-0.39, 0.29) is 30.2 Å². The molecule has 3 rings (SSSR count). The van der Waals surface area contributed by atoms with E-state index in [9.17, 15) is 35.5 Å². The predicted octanol–water partition coefficient (Wildman–Crippen LogP) is 6.16. The first-order valence-electron chi connectivity index (χ1n) is 12.5. The maximum atomic E-state index is 14.5. The summed E-state index contributed by atoms with van der Waals surface area (Å²) in [4.78, 5) is 16.0. The zero-order chi connectivity index (χ0) is 32.7. The van der Waals surface area contributed by atoms with Crippen LogP contribution in [0, 0.1) is 17.5 Å². The minimum atomic E-state index is -4.72. The first kappa shape index (κ1) is 36.7. The predicted molar refractivity (Wildman–Crippen MR) is 151 cm³/mol. The van der Waals surface area contributed by atoms with Gasteiger partial charge in [-0.3, -0.25) is 0 Å². The molecular formula is C29H33F7N4O3. The normalized spacial score (nSPS) is 11.2. The van der Waals surface area contributed by atoms with E-state index in [4.69, 9.17) is 9.84 Å². The zero-order valence-electron chi connectivity index (χ0n) is 23.9. The van der Waals surface area contributed by atoms with Crippen molar-refractivity contribution in [3.05, 3.63) is 89.4 Å². The Labute approximate surface area is 245 Å². The van der Waals surface area contributed by atoms with E-state index in [2.05, 4.69) is 22.2 Å². The molecule has 1 atom stereocenters. The van der Waals surface area contributed by atoms with Crippen molar-refractivity contribution in [2.75, 3.05) is 51.9 Å². The van der Waals surface area contributed by atoms with Gasteiger partial charge in [-0.15, -0.1) is 0 Å². The molecule has 0 aliphatic carbocycles. The van der Waals surface area contributed by atoms with Crippen LogP contribution >= 0.6 is 0 Å². The summed E-state index contributed by atoms with van der Waals surface area (Å²) in [7, 11) is 5.68. The Balaban J connectivity index is 0.000000545. The number of nitrogens with one attached hydrogen (secondary N) is 2. The van der Waals surface area contributed by atoms with Gasteiger partial charge >= 0.3 is 6.18 Å². The van der Waals surface area contributed by atoms with E-state index in [0.717, 1.165) is 28.3 Å². The summed E-state index contributed by atoms with van der Waals surface area (Å²) < 4.78 is 96.7. The van der Waals surface area contributed by atoms with Gasteiger partial charge in [0.15, 0.2) is 6.86 Å². The van der Waals surface area contributed by atoms with Gasteiger partial charge in [0.05, 0.1) is 12.8 Å². The van der Waals surface area contributed by atoms with Gasteiger partial charge in [0, 0.05) is 69.6 Å². The molecule has 1 heterocycles. The summed E-state index contributed by atoms with van der Waals surface area (Å²) in [6, 6.07) is 9.29. The molecule has 0 radical (unpaired) electrons. The summed E-state index contributed by atoms with van der Waals surface area (Å²) in [5.74, 6) is -3.63. The molecule has 0 aliphatic heterocycles. The maximum absolute atomic E-state index is 14.5. The fourth-order valence-electron chi connectivity index (χ4n) is 3.91. The number of anilines is 2. The van der Waals surface area contributed by atoms with Crippen LogP contribution in [0.15, 0.2) is 55.2 Å². The Hall–Kier alpha value is -4.33. The standard InChI is InChI=1S/C19H20F5N3O2.C9H10FN.CH3FO/c1-25-15-4-6-26-18(17(15)19(22,23)24)27(2)10-11(5-7-28)16-13(20)8-12(29-3)9-14(16)21;1-7(11-2)8-3-5-9(10)6-4-8;2-1-3/h4,6-9,11H,5,10H2,1-3H3,(H,25,26);3-6,11H,1H2,2H3;3H,1H2. The van der Waals surface area contributed by atoms with Gasteiger partial charge in [-0.2, -0.15) is 13.2 Å². The van der Waals surface area contributed by atoms with Crippen LogP contribution in [0.3, 0.4) is 0 Å². The summed E-state index contributed by atoms with van der Waals surface area (Å²) in [6.45, 7) is 2.21. The molecule has 0 fully saturated rings. The molecule has 1 unspecified atom stereocenters. The van der Waals surface area contributed by atoms with E-state index in [1.807, 2.05) is 0 Å². The molecule has 0 amide bonds. The van der Waals surface area contributed by atoms with E-state index < -0.39 is 47.5 Å². The zero-order valence-corrected chi connectivity index (χ0v) is 23.9. The molecule has 2 aromatic carbocycles. The lowest BCUT2D eigenvalue weighted by atomic mass is 9.94. The number of aliphatic hydroxyl groups is 1. The third kappa shape index (κ3) is 10.8. The molecule has 14 heteroatoms. The van der Waals surface area contributed by atoms with Crippen LogP contribution in [0.1, 0.15) is 29.0 Å². The van der Waals surface area contributed by atoms with Crippen LogP contribution in [0.2, 0.25) is 0 Å². The monoisotopic (exact) mass is 618 g/mol. The van der Waals surface area contributed by atoms with Gasteiger partial charge in [0.25, 0.3) is 0 Å². The Bertz CT molecular complexity index is 1300. The molecule has 0 aliphatic rings. The number of carbonyl (C=O) groups is 1. The van der Waals surface area contributed by atoms with Gasteiger partial charge in [0.1, 0.15) is 40.9 Å². The number of pyridine rings is 1. The van der Waals surface area contributed by atoms with E-state index >= 15 is 0 Å². The highest BCUT2D eigenvalue weighted by atomic mass is 19.4. The average Bonchev–Trinajstić information content (AvgIpc) is 2.96. The minimum absolute atomic E-state index is 0.0512. The molecule has 1 aromatic heterocycles. The number of hydrogen-bond acceptors (Lipinski definition) is 7. The third-order valence-electron chi connectivity index (χ3n) is 5.91. The smallest absolute Gasteiger partial charge is 0.421 e. The molecule has 0 saturated carbocycles. The van der Waals surface area contributed by atoms with E-state index in [1.165, 1.54) is 45.6 Å². The van der Waals surface area contributed by atoms with Crippen LogP contribution in [-0.4, -0.2) is 58.0 Å². The van der Waals surface area contributed by atoms with Gasteiger partial charge in [-0.1, -0.05) is 18.7 Å². The molecule has 7 nitrogen and oxygen atoms in total. The van der Waals surface area contributed by atoms with Crippen LogP contribution < -0.4 is 20.3 Å². The highest BCUT2D eigenvalue weighted by Gasteiger charge is 2.38. The number of likely N-dealkylation sites (N-methyl/N-ethyl adjacent to an activating group) is 1. The van der Waals surface area contributed by atoms with Crippen molar-refractivity contribution < 1.29 is 45.4 Å². The minimum Gasteiger partial charge on any atom is -0.497 e. The Kier molecular flexibility index (Phi) is 15.0. The number of halogens is 7. The molecule has 43 heavy (non-hydrogen) atoms. The second-order valence-corrected chi connectivity index (χ2v) is 8.64. The lowest BCUT2D eigenvalue weighted by Crippen LogP contribution is -2.29. The van der Waals surface area contributed by atoms with Gasteiger partial charge in [0.2, 0.25) is 0 Å². The molecule has 0 bridgehead atoms. The number of benzene rings is 2. The number of aldehydes is 1. The molecule has 236 valence electrons. The maximum Gasteiger partial charge on any atom is 0.421 e. The number of alkyl halides is 4. The summed E-state index contributed by atoms with van der Waals surface area (Å²) >= 11 is 0. The van der Waals surface area contributed by atoms with Crippen molar-refractivity contribution in [2.45, 2.75) is 18.5 Å². The second kappa shape index (κ2) is 17.6. The fourth-order valence-corrected chi connectivity index (χ4v) is 3.91. The molecular weight excluding hydrogens is 585 g/mol. The summed E-state index contributed by atoms with van der Waals surface area (Å²) in [5, 5.41) is 12.2. The van der Waals surface area contributed by atoms with Crippen LogP contribution in [-0.2, 0) is 11.0 Å². The Morgan fingerprint density at radius 1 is 1.12 bits per heavy atom. The van der Waals surface area contributed by atoms with Crippen molar-refractivity contribution in [2.24, 2.45) is 0 Å². The number of aromatic nitrogens is 1. The first-order valence-corrected chi connectivity index (χ1v) is 12.5. The number of hydrogen-bond donors (Lipinski definition) is 3. The fraction of sp³-hybridized carbons (Fsp3) is 0.310. The average molecular weight is 619 g/mol. The van der Waals surface area contributed by atoms with E-state index in [0.29, 0.717) is 6.29 Å². The topological polar surface area (TPSA) is 86.7 Å². The molecule has 0 saturated heterocycles. The van der Waals surface area contributed by atoms with E-state index in [1.54, 1.807) is 19.2 Å². The number of methoxy groups -OCH3 is 1. The second-order valence-electron chi connectivity index (χ2n) is 8.64. The van der Waals surface area contributed by atoms with Crippen molar-refractivity contribution in [3.63, 3.8) is 0 Å². The Morgan fingerprint density at radius 2 is 1.67 bits per heavy atom. The molecule has 3 aromatic rings. The lowest BCUT2D eigenvalue weighted by Gasteiger charge is -2.28. The largest absolute Gasteiger partial charge is 0.497 e. The number of ether oxygens (including phenoxy) is 1. The van der Waals surface area contributed by atoms with Crippen molar-refractivity contribution in [1.82, 2.24) is 10.3 Å². The van der Waals surface area contributed by atoms with Crippen molar-refractivity contribution in [3.8, 4) is 5.75 Å². The lowest BCUT2D eigenvalue weighted by molar-refractivity contribution is -0.136. The number of rotatable bonds is 10. The third-order valence-corrected chi connectivity index (χ3v) is 5.91. The number of aliphatic hydroxyl groups excluding tert-OH is 1. The van der Waals surface area contributed by atoms with Gasteiger partial charge in [-0.05, 0) is 23.8 Å². The SMILES string of the molecule is C=C(NC)c1ccc(F)cc1.CNc1ccnc(N(C)CC(CC=O)c2c(F)cc(OC)cc2F)c1C(F)(F)F.OCF.